The minimum Gasteiger partial charge on any atom is -0.480 e. The van der Waals surface area contributed by atoms with Crippen molar-refractivity contribution in [2.45, 2.75) is 13.3 Å². The van der Waals surface area contributed by atoms with E-state index in [1.165, 1.54) is 4.90 Å². The minimum atomic E-state index is -0.963. The molecule has 1 aromatic heterocycles. The molecule has 0 saturated carbocycles. The number of hydrogen-bond acceptors (Lipinski definition) is 5. The van der Waals surface area contributed by atoms with Gasteiger partial charge in [0.05, 0.1) is 22.6 Å². The summed E-state index contributed by atoms with van der Waals surface area (Å²) in [4.78, 5) is 40.1. The Morgan fingerprint density at radius 1 is 1.40 bits per heavy atom. The topological polar surface area (TPSA) is 112 Å². The molecule has 2 heterocycles. The Labute approximate surface area is 149 Å². The van der Waals surface area contributed by atoms with E-state index in [2.05, 4.69) is 15.6 Å². The molecular weight excluding hydrogens is 348 g/mol. The fraction of sp³-hybridized carbons (Fsp3) is 0.250. The fourth-order valence-corrected chi connectivity index (χ4v) is 2.66. The number of nitrogens with one attached hydrogen (secondary N) is 2. The van der Waals surface area contributed by atoms with Crippen molar-refractivity contribution in [3.63, 3.8) is 0 Å². The number of rotatable bonds is 4. The highest BCUT2D eigenvalue weighted by Crippen LogP contribution is 2.29. The van der Waals surface area contributed by atoms with Crippen LogP contribution in [0.15, 0.2) is 24.3 Å². The number of urea groups is 1. The van der Waals surface area contributed by atoms with E-state index in [1.807, 2.05) is 12.1 Å². The maximum atomic E-state index is 12.0. The lowest BCUT2D eigenvalue weighted by Gasteiger charge is -2.27. The molecule has 9 heteroatoms. The zero-order valence-corrected chi connectivity index (χ0v) is 14.2. The number of benzene rings is 1. The van der Waals surface area contributed by atoms with Crippen LogP contribution in [-0.4, -0.2) is 41.1 Å². The second-order valence-electron chi connectivity index (χ2n) is 5.47. The minimum absolute atomic E-state index is 0. The smallest absolute Gasteiger partial charge is 0.328 e. The van der Waals surface area contributed by atoms with Gasteiger partial charge in [-0.1, -0.05) is 12.1 Å². The van der Waals surface area contributed by atoms with Crippen molar-refractivity contribution in [1.82, 2.24) is 10.3 Å². The summed E-state index contributed by atoms with van der Waals surface area (Å²) in [6.45, 7) is 1.86. The number of nitrogens with zero attached hydrogens (tertiary/aromatic N) is 2. The molecule has 1 aromatic carbocycles. The quantitative estimate of drug-likeness (QED) is 0.764. The summed E-state index contributed by atoms with van der Waals surface area (Å²) in [6, 6.07) is 6.73. The highest BCUT2D eigenvalue weighted by atomic mass is 35.5. The average Bonchev–Trinajstić information content (AvgIpc) is 2.53. The van der Waals surface area contributed by atoms with Crippen LogP contribution in [0.3, 0.4) is 0 Å². The number of amides is 3. The molecule has 1 aliphatic heterocycles. The number of imide groups is 1. The van der Waals surface area contributed by atoms with Gasteiger partial charge >= 0.3 is 12.0 Å². The third-order valence-electron chi connectivity index (χ3n) is 3.78. The zero-order valence-electron chi connectivity index (χ0n) is 13.4. The van der Waals surface area contributed by atoms with Crippen molar-refractivity contribution >= 4 is 52.6 Å². The molecule has 132 valence electrons. The summed E-state index contributed by atoms with van der Waals surface area (Å²) in [5.74, 6) is -1.25. The van der Waals surface area contributed by atoms with Crippen LogP contribution in [0.2, 0.25) is 0 Å². The maximum Gasteiger partial charge on any atom is 0.328 e. The van der Waals surface area contributed by atoms with Crippen LogP contribution in [0.25, 0.3) is 10.9 Å². The maximum absolute atomic E-state index is 12.0. The first kappa shape index (κ1) is 18.5. The third kappa shape index (κ3) is 3.80. The molecular formula is C16H17ClN4O4. The van der Waals surface area contributed by atoms with E-state index in [4.69, 9.17) is 5.11 Å². The van der Waals surface area contributed by atoms with Gasteiger partial charge < -0.3 is 10.4 Å². The van der Waals surface area contributed by atoms with Crippen molar-refractivity contribution in [3.8, 4) is 0 Å². The van der Waals surface area contributed by atoms with Gasteiger partial charge in [-0.3, -0.25) is 19.8 Å². The van der Waals surface area contributed by atoms with Gasteiger partial charge in [0.2, 0.25) is 5.91 Å². The van der Waals surface area contributed by atoms with Gasteiger partial charge in [-0.2, -0.15) is 0 Å². The Balaban J connectivity index is 0.00000225. The van der Waals surface area contributed by atoms with Crippen LogP contribution >= 0.6 is 12.4 Å². The number of pyridine rings is 1. The predicted molar refractivity (Wildman–Crippen MR) is 95.4 cm³/mol. The first-order valence-electron chi connectivity index (χ1n) is 7.43. The number of carboxylic acid groups (broad SMARTS) is 1. The number of anilines is 2. The molecule has 25 heavy (non-hydrogen) atoms. The van der Waals surface area contributed by atoms with E-state index in [0.29, 0.717) is 29.1 Å². The second-order valence-corrected chi connectivity index (χ2v) is 5.47. The van der Waals surface area contributed by atoms with Gasteiger partial charge in [-0.25, -0.2) is 9.78 Å². The summed E-state index contributed by atoms with van der Waals surface area (Å²) in [5, 5.41) is 14.7. The lowest BCUT2D eigenvalue weighted by Crippen LogP contribution is -2.49. The summed E-state index contributed by atoms with van der Waals surface area (Å²) in [7, 11) is 0. The molecule has 0 atom stereocenters. The Hall–Kier alpha value is -2.87. The SMILES string of the molecule is Cc1nc2c(NCC(=O)O)cccc2cc1N1CCC(=O)NC1=O.Cl. The molecule has 1 saturated heterocycles. The number of halogens is 1. The lowest BCUT2D eigenvalue weighted by molar-refractivity contribution is -0.135. The van der Waals surface area contributed by atoms with Crippen LogP contribution < -0.4 is 15.5 Å². The van der Waals surface area contributed by atoms with Crippen LogP contribution in [0.1, 0.15) is 12.1 Å². The van der Waals surface area contributed by atoms with Crippen LogP contribution in [0.4, 0.5) is 16.2 Å². The molecule has 0 spiro atoms. The molecule has 3 amide bonds. The van der Waals surface area contributed by atoms with E-state index in [0.717, 1.165) is 5.39 Å². The van der Waals surface area contributed by atoms with Gasteiger partial charge in [0.1, 0.15) is 6.54 Å². The first-order chi connectivity index (χ1) is 11.5. The van der Waals surface area contributed by atoms with E-state index >= 15 is 0 Å². The molecule has 3 rings (SSSR count). The van der Waals surface area contributed by atoms with E-state index in [-0.39, 0.29) is 31.3 Å². The van der Waals surface area contributed by atoms with Crippen molar-refractivity contribution < 1.29 is 19.5 Å². The molecule has 0 radical (unpaired) electrons. The summed E-state index contributed by atoms with van der Waals surface area (Å²) >= 11 is 0. The van der Waals surface area contributed by atoms with Gasteiger partial charge in [0.15, 0.2) is 0 Å². The number of fused-ring (bicyclic) bond motifs is 1. The lowest BCUT2D eigenvalue weighted by atomic mass is 10.1. The van der Waals surface area contributed by atoms with Gasteiger partial charge in [-0.05, 0) is 19.1 Å². The number of carbonyl (C=O) groups excluding carboxylic acids is 2. The number of carboxylic acids is 1. The van der Waals surface area contributed by atoms with E-state index in [1.54, 1.807) is 19.1 Å². The molecule has 0 bridgehead atoms. The predicted octanol–water partition coefficient (Wildman–Crippen LogP) is 1.91. The normalized spacial score (nSPS) is 14.0. The van der Waals surface area contributed by atoms with Gasteiger partial charge in [0, 0.05) is 18.4 Å². The second kappa shape index (κ2) is 7.35. The van der Waals surface area contributed by atoms with Gasteiger partial charge in [-0.15, -0.1) is 12.4 Å². The van der Waals surface area contributed by atoms with Gasteiger partial charge in [0.25, 0.3) is 0 Å². The standard InChI is InChI=1S/C16H16N4O4.ClH/c1-9-12(20-6-5-13(21)19-16(20)24)7-10-3-2-4-11(15(10)18-9)17-8-14(22)23;/h2-4,7,17H,5-6,8H2,1H3,(H,22,23)(H,19,21,24);1H. The zero-order chi connectivity index (χ0) is 17.3. The number of para-hydroxylation sites is 1. The van der Waals surface area contributed by atoms with E-state index < -0.39 is 12.0 Å². The molecule has 1 fully saturated rings. The molecule has 0 unspecified atom stereocenters. The Morgan fingerprint density at radius 3 is 2.84 bits per heavy atom. The average molecular weight is 365 g/mol. The van der Waals surface area contributed by atoms with Crippen molar-refractivity contribution in [1.29, 1.82) is 0 Å². The fourth-order valence-electron chi connectivity index (χ4n) is 2.66. The Morgan fingerprint density at radius 2 is 2.16 bits per heavy atom. The van der Waals surface area contributed by atoms with Crippen molar-refractivity contribution in [2.75, 3.05) is 23.3 Å². The monoisotopic (exact) mass is 364 g/mol. The molecule has 8 nitrogen and oxygen atoms in total. The van der Waals surface area contributed by atoms with Crippen molar-refractivity contribution in [3.05, 3.63) is 30.0 Å². The summed E-state index contributed by atoms with van der Waals surface area (Å²) in [6.07, 6.45) is 0.240. The summed E-state index contributed by atoms with van der Waals surface area (Å²) < 4.78 is 0. The highest BCUT2D eigenvalue weighted by molar-refractivity contribution is 6.07. The summed E-state index contributed by atoms with van der Waals surface area (Å²) in [5.41, 5.74) is 2.50. The number of carbonyl (C=O) groups is 3. The van der Waals surface area contributed by atoms with E-state index in [9.17, 15) is 14.4 Å². The number of aromatic nitrogens is 1. The first-order valence-corrected chi connectivity index (χ1v) is 7.43. The molecule has 1 aliphatic rings. The number of aryl methyl sites for hydroxylation is 1. The highest BCUT2D eigenvalue weighted by Gasteiger charge is 2.26. The van der Waals surface area contributed by atoms with Crippen LogP contribution in [0.5, 0.6) is 0 Å². The Kier molecular flexibility index (Phi) is 5.43. The Bertz CT molecular complexity index is 855. The molecule has 3 N–H and O–H groups in total. The number of hydrogen-bond donors (Lipinski definition) is 3. The molecule has 2 aromatic rings. The van der Waals surface area contributed by atoms with Crippen molar-refractivity contribution in [2.24, 2.45) is 0 Å². The molecule has 0 aliphatic carbocycles. The number of aliphatic carboxylic acids is 1. The van der Waals surface area contributed by atoms with Crippen LogP contribution in [-0.2, 0) is 9.59 Å². The largest absolute Gasteiger partial charge is 0.480 e. The third-order valence-corrected chi connectivity index (χ3v) is 3.78. The van der Waals surface area contributed by atoms with Crippen LogP contribution in [0, 0.1) is 6.92 Å².